The van der Waals surface area contributed by atoms with Crippen molar-refractivity contribution in [3.63, 3.8) is 0 Å². The smallest absolute Gasteiger partial charge is 0.407 e. The number of aromatic amines is 1. The average Bonchev–Trinajstić information content (AvgIpc) is 2.48. The molecule has 0 unspecified atom stereocenters. The maximum absolute atomic E-state index is 13.1. The van der Waals surface area contributed by atoms with E-state index in [9.17, 15) is 14.0 Å². The van der Waals surface area contributed by atoms with Crippen LogP contribution in [-0.2, 0) is 0 Å². The fourth-order valence-corrected chi connectivity index (χ4v) is 2.36. The van der Waals surface area contributed by atoms with E-state index in [1.54, 1.807) is 0 Å². The van der Waals surface area contributed by atoms with E-state index in [1.807, 2.05) is 4.90 Å². The number of halogens is 1. The molecule has 1 aromatic heterocycles. The van der Waals surface area contributed by atoms with Crippen LogP contribution in [0.5, 0.6) is 0 Å². The minimum atomic E-state index is -0.954. The van der Waals surface area contributed by atoms with Crippen LogP contribution in [0.4, 0.5) is 15.1 Å². The topological polar surface area (TPSA) is 89.5 Å². The van der Waals surface area contributed by atoms with Crippen LogP contribution in [0.15, 0.2) is 23.0 Å². The highest BCUT2D eigenvalue weighted by Gasteiger charge is 2.22. The normalized spacial score (nSPS) is 15.5. The van der Waals surface area contributed by atoms with Gasteiger partial charge in [-0.1, -0.05) is 0 Å². The molecule has 0 saturated carbocycles. The zero-order valence-electron chi connectivity index (χ0n) is 11.0. The number of hydrogen-bond donors (Lipinski definition) is 2. The molecule has 0 atom stereocenters. The standard InChI is InChI=1S/C13H13FN4O3/c14-8-1-2-10-9(7-8)11(19)16-12(15-10)17-3-5-18(6-4-17)13(20)21/h1-2,7H,3-6H2,(H,20,21)(H,15,16,19). The SMILES string of the molecule is O=C(O)N1CCN(c2nc3ccc(F)cc3c(=O)[nH]2)CC1. The number of carbonyl (C=O) groups is 1. The summed E-state index contributed by atoms with van der Waals surface area (Å²) in [6.07, 6.45) is -0.954. The highest BCUT2D eigenvalue weighted by molar-refractivity contribution is 5.78. The molecular weight excluding hydrogens is 279 g/mol. The summed E-state index contributed by atoms with van der Waals surface area (Å²) in [4.78, 5) is 32.9. The first-order valence-electron chi connectivity index (χ1n) is 6.47. The summed E-state index contributed by atoms with van der Waals surface area (Å²) in [7, 11) is 0. The van der Waals surface area contributed by atoms with Crippen LogP contribution in [0.1, 0.15) is 0 Å². The molecule has 110 valence electrons. The van der Waals surface area contributed by atoms with Gasteiger partial charge in [0.2, 0.25) is 5.95 Å². The highest BCUT2D eigenvalue weighted by Crippen LogP contribution is 2.15. The van der Waals surface area contributed by atoms with Gasteiger partial charge in [0.25, 0.3) is 5.56 Å². The Kier molecular flexibility index (Phi) is 3.20. The molecule has 0 aliphatic carbocycles. The summed E-state index contributed by atoms with van der Waals surface area (Å²) in [5.74, 6) is -0.109. The molecule has 0 spiro atoms. The molecule has 0 radical (unpaired) electrons. The molecule has 1 saturated heterocycles. The van der Waals surface area contributed by atoms with Crippen LogP contribution in [-0.4, -0.2) is 52.2 Å². The van der Waals surface area contributed by atoms with Crippen LogP contribution in [0.25, 0.3) is 10.9 Å². The van der Waals surface area contributed by atoms with Gasteiger partial charge in [0.05, 0.1) is 10.9 Å². The van der Waals surface area contributed by atoms with E-state index in [2.05, 4.69) is 9.97 Å². The third kappa shape index (κ3) is 2.51. The number of rotatable bonds is 1. The van der Waals surface area contributed by atoms with Gasteiger partial charge in [-0.2, -0.15) is 0 Å². The quantitative estimate of drug-likeness (QED) is 0.813. The summed E-state index contributed by atoms with van der Waals surface area (Å²) in [5.41, 5.74) is 0.00554. The van der Waals surface area contributed by atoms with E-state index in [0.29, 0.717) is 37.6 Å². The van der Waals surface area contributed by atoms with Crippen molar-refractivity contribution in [2.45, 2.75) is 0 Å². The lowest BCUT2D eigenvalue weighted by atomic mass is 10.2. The molecule has 2 aromatic rings. The number of H-pyrrole nitrogens is 1. The Morgan fingerprint density at radius 3 is 2.67 bits per heavy atom. The van der Waals surface area contributed by atoms with Gasteiger partial charge in [-0.05, 0) is 18.2 Å². The van der Waals surface area contributed by atoms with E-state index < -0.39 is 17.5 Å². The van der Waals surface area contributed by atoms with Gasteiger partial charge in [-0.3, -0.25) is 9.78 Å². The van der Waals surface area contributed by atoms with E-state index in [-0.39, 0.29) is 5.39 Å². The second kappa shape index (κ2) is 5.04. The zero-order chi connectivity index (χ0) is 15.0. The van der Waals surface area contributed by atoms with Crippen molar-refractivity contribution in [2.24, 2.45) is 0 Å². The molecular formula is C13H13FN4O3. The Balaban J connectivity index is 1.90. The molecule has 21 heavy (non-hydrogen) atoms. The van der Waals surface area contributed by atoms with Crippen LogP contribution < -0.4 is 10.5 Å². The molecule has 1 fully saturated rings. The van der Waals surface area contributed by atoms with Crippen LogP contribution >= 0.6 is 0 Å². The summed E-state index contributed by atoms with van der Waals surface area (Å²) in [5, 5.41) is 9.10. The van der Waals surface area contributed by atoms with Gasteiger partial charge in [0, 0.05) is 26.2 Å². The van der Waals surface area contributed by atoms with E-state index in [4.69, 9.17) is 5.11 Å². The van der Waals surface area contributed by atoms with Crippen molar-refractivity contribution < 1.29 is 14.3 Å². The first kappa shape index (κ1) is 13.3. The summed E-state index contributed by atoms with van der Waals surface area (Å²) < 4.78 is 13.1. The van der Waals surface area contributed by atoms with Gasteiger partial charge in [0.15, 0.2) is 0 Å². The Bertz CT molecular complexity index is 753. The lowest BCUT2D eigenvalue weighted by Gasteiger charge is -2.33. The number of amides is 1. The predicted octanol–water partition coefficient (Wildman–Crippen LogP) is 0.862. The number of anilines is 1. The summed E-state index contributed by atoms with van der Waals surface area (Å²) in [6, 6.07) is 3.85. The molecule has 2 N–H and O–H groups in total. The molecule has 1 aliphatic heterocycles. The van der Waals surface area contributed by atoms with Gasteiger partial charge in [0.1, 0.15) is 5.82 Å². The first-order chi connectivity index (χ1) is 10.0. The molecule has 3 rings (SSSR count). The van der Waals surface area contributed by atoms with Gasteiger partial charge < -0.3 is 14.9 Å². The molecule has 0 bridgehead atoms. The molecule has 1 aromatic carbocycles. The van der Waals surface area contributed by atoms with Crippen molar-refractivity contribution in [1.29, 1.82) is 0 Å². The van der Waals surface area contributed by atoms with Crippen molar-refractivity contribution >= 4 is 22.9 Å². The van der Waals surface area contributed by atoms with Crippen LogP contribution in [0, 0.1) is 5.82 Å². The molecule has 7 nitrogen and oxygen atoms in total. The van der Waals surface area contributed by atoms with E-state index in [1.165, 1.54) is 17.0 Å². The lowest BCUT2D eigenvalue weighted by Crippen LogP contribution is -2.49. The number of aromatic nitrogens is 2. The third-order valence-corrected chi connectivity index (χ3v) is 3.50. The molecule has 1 amide bonds. The monoisotopic (exact) mass is 292 g/mol. The number of hydrogen-bond acceptors (Lipinski definition) is 4. The third-order valence-electron chi connectivity index (χ3n) is 3.50. The van der Waals surface area contributed by atoms with Crippen molar-refractivity contribution in [3.8, 4) is 0 Å². The van der Waals surface area contributed by atoms with Gasteiger partial charge in [-0.25, -0.2) is 14.2 Å². The number of benzene rings is 1. The maximum atomic E-state index is 13.1. The second-order valence-electron chi connectivity index (χ2n) is 4.81. The van der Waals surface area contributed by atoms with Crippen molar-refractivity contribution in [1.82, 2.24) is 14.9 Å². The van der Waals surface area contributed by atoms with Gasteiger partial charge in [-0.15, -0.1) is 0 Å². The summed E-state index contributed by atoms with van der Waals surface area (Å²) >= 11 is 0. The Hall–Kier alpha value is -2.64. The van der Waals surface area contributed by atoms with Crippen LogP contribution in [0.2, 0.25) is 0 Å². The van der Waals surface area contributed by atoms with E-state index in [0.717, 1.165) is 6.07 Å². The highest BCUT2D eigenvalue weighted by atomic mass is 19.1. The van der Waals surface area contributed by atoms with Crippen molar-refractivity contribution in [2.75, 3.05) is 31.1 Å². The molecule has 2 heterocycles. The first-order valence-corrected chi connectivity index (χ1v) is 6.47. The number of piperazine rings is 1. The van der Waals surface area contributed by atoms with Crippen molar-refractivity contribution in [3.05, 3.63) is 34.4 Å². The van der Waals surface area contributed by atoms with Crippen LogP contribution in [0.3, 0.4) is 0 Å². The Morgan fingerprint density at radius 2 is 2.00 bits per heavy atom. The Labute approximate surface area is 118 Å². The lowest BCUT2D eigenvalue weighted by molar-refractivity contribution is 0.142. The fourth-order valence-electron chi connectivity index (χ4n) is 2.36. The fraction of sp³-hybridized carbons (Fsp3) is 0.308. The maximum Gasteiger partial charge on any atom is 0.407 e. The second-order valence-corrected chi connectivity index (χ2v) is 4.81. The number of nitrogens with one attached hydrogen (secondary N) is 1. The largest absolute Gasteiger partial charge is 0.465 e. The minimum absolute atomic E-state index is 0.197. The van der Waals surface area contributed by atoms with Gasteiger partial charge >= 0.3 is 6.09 Å². The molecule has 1 aliphatic rings. The minimum Gasteiger partial charge on any atom is -0.465 e. The van der Waals surface area contributed by atoms with E-state index >= 15 is 0 Å². The number of fused-ring (bicyclic) bond motifs is 1. The summed E-state index contributed by atoms with van der Waals surface area (Å²) in [6.45, 7) is 1.59. The zero-order valence-corrected chi connectivity index (χ0v) is 11.0. The predicted molar refractivity (Wildman–Crippen MR) is 74.1 cm³/mol. The average molecular weight is 292 g/mol. The number of carboxylic acid groups (broad SMARTS) is 1. The molecule has 8 heteroatoms. The number of nitrogens with zero attached hydrogens (tertiary/aromatic N) is 3. The Morgan fingerprint density at radius 1 is 1.29 bits per heavy atom.